The van der Waals surface area contributed by atoms with Gasteiger partial charge in [-0.15, -0.1) is 22.7 Å². The molecule has 0 radical (unpaired) electrons. The lowest BCUT2D eigenvalue weighted by atomic mass is 10.0. The molecular formula is C41H26N2S2. The van der Waals surface area contributed by atoms with Gasteiger partial charge in [-0.25, -0.2) is 0 Å². The Hall–Kier alpha value is -5.29. The Balaban J connectivity index is 1.14. The van der Waals surface area contributed by atoms with E-state index in [0.29, 0.717) is 0 Å². The van der Waals surface area contributed by atoms with Crippen LogP contribution in [0.1, 0.15) is 0 Å². The minimum absolute atomic E-state index is 1.12. The van der Waals surface area contributed by atoms with Crippen molar-refractivity contribution in [3.63, 3.8) is 0 Å². The van der Waals surface area contributed by atoms with Crippen LogP contribution in [0.2, 0.25) is 0 Å². The molecule has 3 heterocycles. The normalized spacial score (nSPS) is 11.6. The van der Waals surface area contributed by atoms with Crippen LogP contribution >= 0.6 is 22.7 Å². The van der Waals surface area contributed by atoms with Gasteiger partial charge >= 0.3 is 0 Å². The fraction of sp³-hybridized carbons (Fsp3) is 0. The molecule has 212 valence electrons. The van der Waals surface area contributed by atoms with Crippen LogP contribution in [-0.4, -0.2) is 4.98 Å². The van der Waals surface area contributed by atoms with Crippen molar-refractivity contribution < 1.29 is 0 Å². The predicted octanol–water partition coefficient (Wildman–Crippen LogP) is 12.6. The third kappa shape index (κ3) is 4.58. The molecule has 0 saturated carbocycles. The summed E-state index contributed by atoms with van der Waals surface area (Å²) in [7, 11) is 0. The zero-order valence-corrected chi connectivity index (χ0v) is 25.9. The number of hydrogen-bond acceptors (Lipinski definition) is 4. The molecule has 0 aliphatic rings. The maximum absolute atomic E-state index is 4.32. The smallest absolute Gasteiger partial charge is 0.0538 e. The number of nitrogens with zero attached hydrogens (tertiary/aromatic N) is 2. The highest BCUT2D eigenvalue weighted by Gasteiger charge is 2.16. The highest BCUT2D eigenvalue weighted by atomic mass is 32.1. The zero-order valence-electron chi connectivity index (χ0n) is 24.2. The van der Waals surface area contributed by atoms with E-state index in [1.54, 1.807) is 11.3 Å². The highest BCUT2D eigenvalue weighted by molar-refractivity contribution is 7.26. The molecule has 45 heavy (non-hydrogen) atoms. The molecule has 9 rings (SSSR count). The SMILES string of the molecule is c1ccc(-c2ccc(N(c3ccc(-c4ccc5c(c4)sc4cnccc45)cc3)c3ccc4sc5ccccc5c4c3)cc2)cc1. The predicted molar refractivity (Wildman–Crippen MR) is 196 cm³/mol. The molecule has 9 aromatic rings. The second kappa shape index (κ2) is 10.7. The maximum Gasteiger partial charge on any atom is 0.0538 e. The Kier molecular flexibility index (Phi) is 6.22. The molecule has 4 heteroatoms. The first kappa shape index (κ1) is 26.1. The molecule has 0 aliphatic carbocycles. The summed E-state index contributed by atoms with van der Waals surface area (Å²) >= 11 is 3.66. The van der Waals surface area contributed by atoms with Gasteiger partial charge in [0.05, 0.1) is 4.70 Å². The summed E-state index contributed by atoms with van der Waals surface area (Å²) in [6.07, 6.45) is 3.84. The first-order valence-electron chi connectivity index (χ1n) is 15.0. The Bertz CT molecular complexity index is 2470. The molecule has 6 aromatic carbocycles. The number of pyridine rings is 1. The molecule has 0 fully saturated rings. The van der Waals surface area contributed by atoms with Gasteiger partial charge in [-0.1, -0.05) is 84.9 Å². The van der Waals surface area contributed by atoms with E-state index in [9.17, 15) is 0 Å². The Labute approximate surface area is 269 Å². The number of anilines is 3. The molecule has 0 atom stereocenters. The number of rotatable bonds is 5. The largest absolute Gasteiger partial charge is 0.310 e. The van der Waals surface area contributed by atoms with Gasteiger partial charge in [-0.2, -0.15) is 0 Å². The van der Waals surface area contributed by atoms with Gasteiger partial charge in [0, 0.05) is 65.1 Å². The lowest BCUT2D eigenvalue weighted by molar-refractivity contribution is 1.29. The van der Waals surface area contributed by atoms with Crippen molar-refractivity contribution in [2.24, 2.45) is 0 Å². The van der Waals surface area contributed by atoms with Crippen LogP contribution in [0, 0.1) is 0 Å². The summed E-state index contributed by atoms with van der Waals surface area (Å²) in [6.45, 7) is 0. The first-order chi connectivity index (χ1) is 22.3. The van der Waals surface area contributed by atoms with E-state index in [1.807, 2.05) is 23.7 Å². The average Bonchev–Trinajstić information content (AvgIpc) is 3.67. The van der Waals surface area contributed by atoms with Gasteiger partial charge in [-0.3, -0.25) is 4.98 Å². The summed E-state index contributed by atoms with van der Waals surface area (Å²) in [5.74, 6) is 0. The Morgan fingerprint density at radius 2 is 0.956 bits per heavy atom. The number of thiophene rings is 2. The van der Waals surface area contributed by atoms with Crippen molar-refractivity contribution in [2.45, 2.75) is 0 Å². The van der Waals surface area contributed by atoms with Gasteiger partial charge in [0.2, 0.25) is 0 Å². The molecule has 0 unspecified atom stereocenters. The molecular weight excluding hydrogens is 585 g/mol. The van der Waals surface area contributed by atoms with Crippen LogP contribution < -0.4 is 4.90 Å². The molecule has 0 aliphatic heterocycles. The van der Waals surface area contributed by atoms with Crippen molar-refractivity contribution in [2.75, 3.05) is 4.90 Å². The topological polar surface area (TPSA) is 16.1 Å². The van der Waals surface area contributed by atoms with E-state index in [1.165, 1.54) is 62.6 Å². The van der Waals surface area contributed by atoms with Crippen LogP contribution in [0.5, 0.6) is 0 Å². The van der Waals surface area contributed by atoms with Crippen LogP contribution in [0.3, 0.4) is 0 Å². The lowest BCUT2D eigenvalue weighted by Gasteiger charge is -2.26. The lowest BCUT2D eigenvalue weighted by Crippen LogP contribution is -2.09. The molecule has 0 amide bonds. The van der Waals surface area contributed by atoms with Crippen LogP contribution in [0.25, 0.3) is 62.6 Å². The molecule has 3 aromatic heterocycles. The van der Waals surface area contributed by atoms with Gasteiger partial charge in [-0.05, 0) is 82.9 Å². The van der Waals surface area contributed by atoms with E-state index in [4.69, 9.17) is 0 Å². The first-order valence-corrected chi connectivity index (χ1v) is 16.7. The summed E-state index contributed by atoms with van der Waals surface area (Å²) in [5, 5.41) is 5.17. The van der Waals surface area contributed by atoms with E-state index < -0.39 is 0 Å². The highest BCUT2D eigenvalue weighted by Crippen LogP contribution is 2.42. The molecule has 0 spiro atoms. The number of aromatic nitrogens is 1. The third-order valence-corrected chi connectivity index (χ3v) is 10.8. The zero-order chi connectivity index (χ0) is 29.7. The molecule has 0 bridgehead atoms. The summed E-state index contributed by atoms with van der Waals surface area (Å²) in [6, 6.07) is 52.9. The van der Waals surface area contributed by atoms with Crippen molar-refractivity contribution in [3.8, 4) is 22.3 Å². The van der Waals surface area contributed by atoms with E-state index in [2.05, 4.69) is 155 Å². The molecule has 0 N–H and O–H groups in total. The molecule has 0 saturated heterocycles. The second-order valence-electron chi connectivity index (χ2n) is 11.3. The van der Waals surface area contributed by atoms with Crippen molar-refractivity contribution in [1.29, 1.82) is 0 Å². The van der Waals surface area contributed by atoms with Gasteiger partial charge < -0.3 is 4.90 Å². The van der Waals surface area contributed by atoms with Gasteiger partial charge in [0.25, 0.3) is 0 Å². The minimum Gasteiger partial charge on any atom is -0.310 e. The van der Waals surface area contributed by atoms with Crippen LogP contribution in [-0.2, 0) is 0 Å². The van der Waals surface area contributed by atoms with Crippen molar-refractivity contribution in [1.82, 2.24) is 4.98 Å². The average molecular weight is 611 g/mol. The van der Waals surface area contributed by atoms with Crippen LogP contribution in [0.4, 0.5) is 17.1 Å². The summed E-state index contributed by atoms with van der Waals surface area (Å²) < 4.78 is 5.14. The Morgan fingerprint density at radius 1 is 0.378 bits per heavy atom. The maximum atomic E-state index is 4.32. The quantitative estimate of drug-likeness (QED) is 0.193. The minimum atomic E-state index is 1.12. The number of hydrogen-bond donors (Lipinski definition) is 0. The van der Waals surface area contributed by atoms with Crippen molar-refractivity contribution >= 4 is 80.1 Å². The number of benzene rings is 6. The number of fused-ring (bicyclic) bond motifs is 6. The van der Waals surface area contributed by atoms with E-state index >= 15 is 0 Å². The van der Waals surface area contributed by atoms with E-state index in [0.717, 1.165) is 17.1 Å². The summed E-state index contributed by atoms with van der Waals surface area (Å²) in [4.78, 5) is 6.69. The second-order valence-corrected chi connectivity index (χ2v) is 13.4. The Morgan fingerprint density at radius 3 is 1.76 bits per heavy atom. The summed E-state index contributed by atoms with van der Waals surface area (Å²) in [5.41, 5.74) is 8.25. The fourth-order valence-corrected chi connectivity index (χ4v) is 8.55. The molecule has 2 nitrogen and oxygen atoms in total. The monoisotopic (exact) mass is 610 g/mol. The van der Waals surface area contributed by atoms with Crippen molar-refractivity contribution in [3.05, 3.63) is 158 Å². The third-order valence-electron chi connectivity index (χ3n) is 8.59. The van der Waals surface area contributed by atoms with Gasteiger partial charge in [0.15, 0.2) is 0 Å². The fourth-order valence-electron chi connectivity index (χ4n) is 6.35. The van der Waals surface area contributed by atoms with Gasteiger partial charge in [0.1, 0.15) is 0 Å². The van der Waals surface area contributed by atoms with E-state index in [-0.39, 0.29) is 0 Å². The van der Waals surface area contributed by atoms with Crippen LogP contribution in [0.15, 0.2) is 158 Å². The standard InChI is InChI=1S/C41H26N2S2/c1-2-6-27(7-3-1)28-10-15-31(16-11-28)43(33-19-21-39-37(25-33)34-8-4-5-9-38(34)44-39)32-17-12-29(13-18-32)30-14-20-35-36-22-23-42-26-41(36)45-40(35)24-30/h1-26H.